The molecule has 0 spiro atoms. The van der Waals surface area contributed by atoms with Gasteiger partial charge in [0.2, 0.25) is 0 Å². The van der Waals surface area contributed by atoms with E-state index in [1.54, 1.807) is 13.0 Å². The average Bonchev–Trinajstić information content (AvgIpc) is 3.13. The quantitative estimate of drug-likeness (QED) is 0.817. The van der Waals surface area contributed by atoms with Gasteiger partial charge >= 0.3 is 5.97 Å². The monoisotopic (exact) mass is 253 g/mol. The zero-order chi connectivity index (χ0) is 13.1. The second kappa shape index (κ2) is 5.25. The smallest absolute Gasteiger partial charge is 0.326 e. The van der Waals surface area contributed by atoms with E-state index in [9.17, 15) is 9.18 Å². The minimum absolute atomic E-state index is 0.150. The summed E-state index contributed by atoms with van der Waals surface area (Å²) in [5.74, 6) is -1.05. The van der Waals surface area contributed by atoms with Crippen molar-refractivity contribution in [1.82, 2.24) is 0 Å². The van der Waals surface area contributed by atoms with Gasteiger partial charge in [0, 0.05) is 11.8 Å². The number of hydrogen-bond acceptors (Lipinski definition) is 3. The molecule has 1 fully saturated rings. The third kappa shape index (κ3) is 2.91. The van der Waals surface area contributed by atoms with Crippen molar-refractivity contribution in [3.63, 3.8) is 0 Å². The Balaban J connectivity index is 2.08. The fourth-order valence-corrected chi connectivity index (χ4v) is 1.85. The molecule has 1 aromatic rings. The molecule has 0 amide bonds. The third-order valence-corrected chi connectivity index (χ3v) is 2.91. The molecular formula is C13H16FNO3. The Morgan fingerprint density at radius 1 is 1.61 bits per heavy atom. The number of halogens is 1. The van der Waals surface area contributed by atoms with Gasteiger partial charge in [0.25, 0.3) is 0 Å². The molecule has 1 aliphatic carbocycles. The zero-order valence-electron chi connectivity index (χ0n) is 10.1. The predicted molar refractivity (Wildman–Crippen MR) is 65.3 cm³/mol. The van der Waals surface area contributed by atoms with Crippen LogP contribution in [0.25, 0.3) is 0 Å². The van der Waals surface area contributed by atoms with E-state index in [-0.39, 0.29) is 11.7 Å². The molecule has 2 N–H and O–H groups in total. The maximum Gasteiger partial charge on any atom is 0.326 e. The molecule has 1 atom stereocenters. The highest BCUT2D eigenvalue weighted by molar-refractivity contribution is 5.78. The summed E-state index contributed by atoms with van der Waals surface area (Å²) in [6, 6.07) is 3.77. The molecule has 0 aliphatic heterocycles. The Morgan fingerprint density at radius 2 is 2.33 bits per heavy atom. The fourth-order valence-electron chi connectivity index (χ4n) is 1.85. The Labute approximate surface area is 105 Å². The SMILES string of the molecule is CCOc1ccc(NC(C(=O)O)C2CC2)cc1F. The summed E-state index contributed by atoms with van der Waals surface area (Å²) in [7, 11) is 0. The van der Waals surface area contributed by atoms with E-state index in [0.717, 1.165) is 12.8 Å². The summed E-state index contributed by atoms with van der Waals surface area (Å²) in [4.78, 5) is 11.1. The van der Waals surface area contributed by atoms with Gasteiger partial charge in [-0.3, -0.25) is 0 Å². The first-order chi connectivity index (χ1) is 8.61. The second-order valence-corrected chi connectivity index (χ2v) is 4.38. The van der Waals surface area contributed by atoms with Crippen molar-refractivity contribution in [2.45, 2.75) is 25.8 Å². The van der Waals surface area contributed by atoms with E-state index < -0.39 is 17.8 Å². The molecule has 0 aromatic heterocycles. The van der Waals surface area contributed by atoms with E-state index >= 15 is 0 Å². The lowest BCUT2D eigenvalue weighted by Crippen LogP contribution is -2.31. The molecule has 4 nitrogen and oxygen atoms in total. The lowest BCUT2D eigenvalue weighted by molar-refractivity contribution is -0.138. The highest BCUT2D eigenvalue weighted by Crippen LogP contribution is 2.34. The summed E-state index contributed by atoms with van der Waals surface area (Å²) in [6.45, 7) is 2.17. The first-order valence-corrected chi connectivity index (χ1v) is 6.03. The lowest BCUT2D eigenvalue weighted by atomic mass is 10.1. The number of carbonyl (C=O) groups is 1. The Hall–Kier alpha value is -1.78. The lowest BCUT2D eigenvalue weighted by Gasteiger charge is -2.15. The molecule has 1 saturated carbocycles. The fraction of sp³-hybridized carbons (Fsp3) is 0.462. The van der Waals surface area contributed by atoms with Crippen LogP contribution in [0, 0.1) is 11.7 Å². The van der Waals surface area contributed by atoms with Crippen molar-refractivity contribution in [3.8, 4) is 5.75 Å². The van der Waals surface area contributed by atoms with E-state index in [1.165, 1.54) is 12.1 Å². The zero-order valence-corrected chi connectivity index (χ0v) is 10.1. The summed E-state index contributed by atoms with van der Waals surface area (Å²) < 4.78 is 18.7. The van der Waals surface area contributed by atoms with Crippen molar-refractivity contribution in [1.29, 1.82) is 0 Å². The highest BCUT2D eigenvalue weighted by atomic mass is 19.1. The normalized spacial score (nSPS) is 16.1. The summed E-state index contributed by atoms with van der Waals surface area (Å²) >= 11 is 0. The second-order valence-electron chi connectivity index (χ2n) is 4.38. The first-order valence-electron chi connectivity index (χ1n) is 6.03. The van der Waals surface area contributed by atoms with Crippen LogP contribution >= 0.6 is 0 Å². The molecule has 18 heavy (non-hydrogen) atoms. The van der Waals surface area contributed by atoms with Crippen molar-refractivity contribution in [3.05, 3.63) is 24.0 Å². The van der Waals surface area contributed by atoms with E-state index in [1.807, 2.05) is 0 Å². The molecule has 0 radical (unpaired) electrons. The van der Waals surface area contributed by atoms with Crippen LogP contribution in [0.4, 0.5) is 10.1 Å². The average molecular weight is 253 g/mol. The van der Waals surface area contributed by atoms with Gasteiger partial charge in [0.05, 0.1) is 6.61 Å². The molecule has 0 saturated heterocycles. The Kier molecular flexibility index (Phi) is 3.69. The van der Waals surface area contributed by atoms with Crippen LogP contribution in [0.1, 0.15) is 19.8 Å². The van der Waals surface area contributed by atoms with Crippen molar-refractivity contribution >= 4 is 11.7 Å². The van der Waals surface area contributed by atoms with Crippen LogP contribution in [-0.2, 0) is 4.79 Å². The number of rotatable bonds is 6. The summed E-state index contributed by atoms with van der Waals surface area (Å²) in [6.07, 6.45) is 1.81. The number of hydrogen-bond donors (Lipinski definition) is 2. The molecule has 98 valence electrons. The van der Waals surface area contributed by atoms with Gasteiger partial charge in [0.1, 0.15) is 6.04 Å². The van der Waals surface area contributed by atoms with Crippen LogP contribution in [0.2, 0.25) is 0 Å². The number of benzene rings is 1. The highest BCUT2D eigenvalue weighted by Gasteiger charge is 2.36. The van der Waals surface area contributed by atoms with Gasteiger partial charge in [-0.2, -0.15) is 0 Å². The third-order valence-electron chi connectivity index (χ3n) is 2.91. The van der Waals surface area contributed by atoms with Gasteiger partial charge in [-0.25, -0.2) is 9.18 Å². The number of nitrogens with one attached hydrogen (secondary N) is 1. The molecular weight excluding hydrogens is 237 g/mol. The van der Waals surface area contributed by atoms with Crippen molar-refractivity contribution < 1.29 is 19.0 Å². The number of carboxylic acids is 1. The molecule has 2 rings (SSSR count). The van der Waals surface area contributed by atoms with E-state index in [2.05, 4.69) is 5.32 Å². The molecule has 1 aliphatic rings. The molecule has 5 heteroatoms. The minimum atomic E-state index is -0.896. The van der Waals surface area contributed by atoms with Gasteiger partial charge in [-0.1, -0.05) is 0 Å². The maximum absolute atomic E-state index is 13.6. The largest absolute Gasteiger partial charge is 0.491 e. The Morgan fingerprint density at radius 3 is 2.83 bits per heavy atom. The minimum Gasteiger partial charge on any atom is -0.491 e. The standard InChI is InChI=1S/C13H16FNO3/c1-2-18-11-6-5-9(7-10(11)14)15-12(13(16)17)8-3-4-8/h5-8,12,15H,2-4H2,1H3,(H,16,17). The maximum atomic E-state index is 13.6. The number of aliphatic carboxylic acids is 1. The molecule has 1 unspecified atom stereocenters. The predicted octanol–water partition coefficient (Wildman–Crippen LogP) is 2.50. The van der Waals surface area contributed by atoms with Crippen LogP contribution in [0.3, 0.4) is 0 Å². The van der Waals surface area contributed by atoms with Gasteiger partial charge in [-0.15, -0.1) is 0 Å². The molecule has 0 heterocycles. The molecule has 1 aromatic carbocycles. The van der Waals surface area contributed by atoms with Gasteiger partial charge < -0.3 is 15.2 Å². The topological polar surface area (TPSA) is 58.6 Å². The summed E-state index contributed by atoms with van der Waals surface area (Å²) in [5, 5.41) is 11.9. The first kappa shape index (κ1) is 12.7. The Bertz CT molecular complexity index is 446. The van der Waals surface area contributed by atoms with Crippen LogP contribution in [0.15, 0.2) is 18.2 Å². The number of anilines is 1. The number of ether oxygens (including phenoxy) is 1. The summed E-state index contributed by atoms with van der Waals surface area (Å²) in [5.41, 5.74) is 0.468. The van der Waals surface area contributed by atoms with Crippen molar-refractivity contribution in [2.24, 2.45) is 5.92 Å². The van der Waals surface area contributed by atoms with Crippen LogP contribution in [0.5, 0.6) is 5.75 Å². The number of carboxylic acid groups (broad SMARTS) is 1. The molecule has 0 bridgehead atoms. The van der Waals surface area contributed by atoms with Gasteiger partial charge in [-0.05, 0) is 37.8 Å². The van der Waals surface area contributed by atoms with Crippen LogP contribution < -0.4 is 10.1 Å². The van der Waals surface area contributed by atoms with Crippen molar-refractivity contribution in [2.75, 3.05) is 11.9 Å². The van der Waals surface area contributed by atoms with Gasteiger partial charge in [0.15, 0.2) is 11.6 Å². The van der Waals surface area contributed by atoms with Crippen LogP contribution in [-0.4, -0.2) is 23.7 Å². The van der Waals surface area contributed by atoms with E-state index in [4.69, 9.17) is 9.84 Å². The van der Waals surface area contributed by atoms with E-state index in [0.29, 0.717) is 12.3 Å².